The first-order valence-corrected chi connectivity index (χ1v) is 8.18. The maximum absolute atomic E-state index is 12.1. The molecule has 4 nitrogen and oxygen atoms in total. The summed E-state index contributed by atoms with van der Waals surface area (Å²) in [5.74, 6) is -0.139. The number of benzene rings is 2. The van der Waals surface area contributed by atoms with Gasteiger partial charge in [-0.05, 0) is 50.5 Å². The zero-order valence-corrected chi connectivity index (χ0v) is 14.5. The summed E-state index contributed by atoms with van der Waals surface area (Å²) >= 11 is 0. The van der Waals surface area contributed by atoms with Crippen molar-refractivity contribution in [2.24, 2.45) is 0 Å². The van der Waals surface area contributed by atoms with E-state index in [1.54, 1.807) is 12.1 Å². The van der Waals surface area contributed by atoms with E-state index in [1.807, 2.05) is 39.0 Å². The van der Waals surface area contributed by atoms with Crippen LogP contribution in [0.25, 0.3) is 0 Å². The Morgan fingerprint density at radius 2 is 1.58 bits per heavy atom. The average Bonchev–Trinajstić information content (AvgIpc) is 2.55. The molecule has 0 atom stereocenters. The Bertz CT molecular complexity index is 701. The summed E-state index contributed by atoms with van der Waals surface area (Å²) in [4.78, 5) is 24.0. The Morgan fingerprint density at radius 1 is 0.958 bits per heavy atom. The SMILES string of the molecule is Cc1cc(C)c(NC(=O)CCCNC(=O)c2ccccc2)c(C)c1. The van der Waals surface area contributed by atoms with Crippen molar-refractivity contribution >= 4 is 17.5 Å². The van der Waals surface area contributed by atoms with Gasteiger partial charge >= 0.3 is 0 Å². The summed E-state index contributed by atoms with van der Waals surface area (Å²) in [6.07, 6.45) is 0.982. The number of carbonyl (C=O) groups excluding carboxylic acids is 2. The average molecular weight is 324 g/mol. The largest absolute Gasteiger partial charge is 0.352 e. The molecule has 0 aliphatic heterocycles. The predicted molar refractivity (Wildman–Crippen MR) is 97.3 cm³/mol. The molecule has 0 radical (unpaired) electrons. The molecular weight excluding hydrogens is 300 g/mol. The molecule has 0 aliphatic rings. The number of amides is 2. The molecule has 2 aromatic carbocycles. The van der Waals surface area contributed by atoms with Crippen molar-refractivity contribution in [3.63, 3.8) is 0 Å². The van der Waals surface area contributed by atoms with E-state index in [2.05, 4.69) is 22.8 Å². The van der Waals surface area contributed by atoms with E-state index >= 15 is 0 Å². The second kappa shape index (κ2) is 8.29. The highest BCUT2D eigenvalue weighted by atomic mass is 16.2. The van der Waals surface area contributed by atoms with Gasteiger partial charge in [0.15, 0.2) is 0 Å². The van der Waals surface area contributed by atoms with Crippen LogP contribution >= 0.6 is 0 Å². The lowest BCUT2D eigenvalue weighted by Gasteiger charge is -2.13. The molecule has 126 valence electrons. The highest BCUT2D eigenvalue weighted by Gasteiger charge is 2.09. The minimum absolute atomic E-state index is 0.0287. The summed E-state index contributed by atoms with van der Waals surface area (Å²) in [5.41, 5.74) is 4.84. The van der Waals surface area contributed by atoms with E-state index in [0.717, 1.165) is 16.8 Å². The van der Waals surface area contributed by atoms with E-state index < -0.39 is 0 Å². The third-order valence-electron chi connectivity index (χ3n) is 3.84. The number of aryl methyl sites for hydroxylation is 3. The van der Waals surface area contributed by atoms with Gasteiger partial charge in [0.1, 0.15) is 0 Å². The summed E-state index contributed by atoms with van der Waals surface area (Å²) in [5, 5.41) is 5.80. The van der Waals surface area contributed by atoms with Gasteiger partial charge in [-0.15, -0.1) is 0 Å². The number of nitrogens with one attached hydrogen (secondary N) is 2. The Morgan fingerprint density at radius 3 is 2.21 bits per heavy atom. The molecule has 0 unspecified atom stereocenters. The van der Waals surface area contributed by atoms with Crippen LogP contribution in [-0.4, -0.2) is 18.4 Å². The maximum atomic E-state index is 12.1. The van der Waals surface area contributed by atoms with Gasteiger partial charge in [-0.25, -0.2) is 0 Å². The second-order valence-corrected chi connectivity index (χ2v) is 6.05. The molecular formula is C20H24N2O2. The van der Waals surface area contributed by atoms with Gasteiger partial charge in [0.05, 0.1) is 0 Å². The van der Waals surface area contributed by atoms with Crippen LogP contribution in [0.3, 0.4) is 0 Å². The first-order valence-electron chi connectivity index (χ1n) is 8.18. The molecule has 0 spiro atoms. The van der Waals surface area contributed by atoms with Crippen molar-refractivity contribution in [3.8, 4) is 0 Å². The molecule has 0 bridgehead atoms. The number of carbonyl (C=O) groups is 2. The van der Waals surface area contributed by atoms with Crippen molar-refractivity contribution in [2.45, 2.75) is 33.6 Å². The van der Waals surface area contributed by atoms with Crippen LogP contribution in [-0.2, 0) is 4.79 Å². The Kier molecular flexibility index (Phi) is 6.13. The second-order valence-electron chi connectivity index (χ2n) is 6.05. The molecule has 2 N–H and O–H groups in total. The highest BCUT2D eigenvalue weighted by Crippen LogP contribution is 2.22. The number of rotatable bonds is 6. The van der Waals surface area contributed by atoms with Crippen molar-refractivity contribution in [1.29, 1.82) is 0 Å². The van der Waals surface area contributed by atoms with E-state index in [4.69, 9.17) is 0 Å². The van der Waals surface area contributed by atoms with Crippen molar-refractivity contribution < 1.29 is 9.59 Å². The monoisotopic (exact) mass is 324 g/mol. The molecule has 24 heavy (non-hydrogen) atoms. The number of hydrogen-bond acceptors (Lipinski definition) is 2. The quantitative estimate of drug-likeness (QED) is 0.795. The van der Waals surface area contributed by atoms with Gasteiger partial charge in [0, 0.05) is 24.2 Å². The third-order valence-corrected chi connectivity index (χ3v) is 3.84. The molecule has 4 heteroatoms. The van der Waals surface area contributed by atoms with Gasteiger partial charge in [0.25, 0.3) is 5.91 Å². The van der Waals surface area contributed by atoms with E-state index in [0.29, 0.717) is 24.9 Å². The summed E-state index contributed by atoms with van der Waals surface area (Å²) < 4.78 is 0. The Hall–Kier alpha value is -2.62. The van der Waals surface area contributed by atoms with E-state index in [1.165, 1.54) is 5.56 Å². The van der Waals surface area contributed by atoms with Gasteiger partial charge in [-0.2, -0.15) is 0 Å². The van der Waals surface area contributed by atoms with Gasteiger partial charge in [-0.3, -0.25) is 9.59 Å². The lowest BCUT2D eigenvalue weighted by Crippen LogP contribution is -2.25. The lowest BCUT2D eigenvalue weighted by atomic mass is 10.0. The fourth-order valence-corrected chi connectivity index (χ4v) is 2.72. The summed E-state index contributed by atoms with van der Waals surface area (Å²) in [6.45, 7) is 6.51. The molecule has 2 aromatic rings. The van der Waals surface area contributed by atoms with Crippen molar-refractivity contribution in [2.75, 3.05) is 11.9 Å². The molecule has 0 saturated carbocycles. The molecule has 2 rings (SSSR count). The van der Waals surface area contributed by atoms with Crippen LogP contribution in [0.5, 0.6) is 0 Å². The summed E-state index contributed by atoms with van der Waals surface area (Å²) in [6, 6.07) is 13.2. The fraction of sp³-hybridized carbons (Fsp3) is 0.300. The maximum Gasteiger partial charge on any atom is 0.251 e. The minimum Gasteiger partial charge on any atom is -0.352 e. The van der Waals surface area contributed by atoms with Crippen LogP contribution in [0.4, 0.5) is 5.69 Å². The molecule has 0 fully saturated rings. The van der Waals surface area contributed by atoms with Crippen LogP contribution < -0.4 is 10.6 Å². The zero-order chi connectivity index (χ0) is 17.5. The molecule has 0 aliphatic carbocycles. The van der Waals surface area contributed by atoms with Crippen LogP contribution in [0.1, 0.15) is 39.9 Å². The third kappa shape index (κ3) is 4.95. The molecule has 0 saturated heterocycles. The molecule has 0 heterocycles. The van der Waals surface area contributed by atoms with E-state index in [9.17, 15) is 9.59 Å². The Labute approximate surface area is 143 Å². The first kappa shape index (κ1) is 17.7. The van der Waals surface area contributed by atoms with E-state index in [-0.39, 0.29) is 11.8 Å². The highest BCUT2D eigenvalue weighted by molar-refractivity contribution is 5.94. The zero-order valence-electron chi connectivity index (χ0n) is 14.5. The number of anilines is 1. The van der Waals surface area contributed by atoms with Gasteiger partial charge in [-0.1, -0.05) is 35.9 Å². The van der Waals surface area contributed by atoms with Crippen LogP contribution in [0, 0.1) is 20.8 Å². The minimum atomic E-state index is -0.110. The standard InChI is InChI=1S/C20H24N2O2/c1-14-12-15(2)19(16(3)13-14)22-18(23)10-7-11-21-20(24)17-8-5-4-6-9-17/h4-6,8-9,12-13H,7,10-11H2,1-3H3,(H,21,24)(H,22,23). The van der Waals surface area contributed by atoms with Crippen LogP contribution in [0.2, 0.25) is 0 Å². The topological polar surface area (TPSA) is 58.2 Å². The first-order chi connectivity index (χ1) is 11.5. The van der Waals surface area contributed by atoms with Crippen LogP contribution in [0.15, 0.2) is 42.5 Å². The number of hydrogen-bond donors (Lipinski definition) is 2. The van der Waals surface area contributed by atoms with Gasteiger partial charge in [0.2, 0.25) is 5.91 Å². The predicted octanol–water partition coefficient (Wildman–Crippen LogP) is 3.76. The van der Waals surface area contributed by atoms with Crippen molar-refractivity contribution in [3.05, 3.63) is 64.7 Å². The molecule has 2 amide bonds. The smallest absolute Gasteiger partial charge is 0.251 e. The van der Waals surface area contributed by atoms with Crippen molar-refractivity contribution in [1.82, 2.24) is 5.32 Å². The Balaban J connectivity index is 1.77. The molecule has 0 aromatic heterocycles. The normalized spacial score (nSPS) is 10.3. The fourth-order valence-electron chi connectivity index (χ4n) is 2.72. The summed E-state index contributed by atoms with van der Waals surface area (Å²) in [7, 11) is 0. The van der Waals surface area contributed by atoms with Gasteiger partial charge < -0.3 is 10.6 Å². The lowest BCUT2D eigenvalue weighted by molar-refractivity contribution is -0.116.